The van der Waals surface area contributed by atoms with Gasteiger partial charge in [0.05, 0.1) is 42.3 Å². The Labute approximate surface area is 155 Å². The summed E-state index contributed by atoms with van der Waals surface area (Å²) in [6.45, 7) is 3.53. The number of aliphatic imine (C=N–C) groups is 1. The average molecular weight is 374 g/mol. The van der Waals surface area contributed by atoms with Crippen molar-refractivity contribution in [1.82, 2.24) is 4.90 Å². The van der Waals surface area contributed by atoms with Crippen LogP contribution in [0.5, 0.6) is 0 Å². The summed E-state index contributed by atoms with van der Waals surface area (Å²) in [6.07, 6.45) is 0. The molecule has 0 bridgehead atoms. The van der Waals surface area contributed by atoms with E-state index in [1.54, 1.807) is 38.1 Å². The van der Waals surface area contributed by atoms with Crippen LogP contribution in [0.2, 0.25) is 0 Å². The van der Waals surface area contributed by atoms with Gasteiger partial charge in [-0.1, -0.05) is 23.9 Å². The van der Waals surface area contributed by atoms with Crippen LogP contribution in [-0.2, 0) is 19.1 Å². The standard InChI is InChI=1S/C18H18N2O5S/c1-9-13(17(23)25-4)14(20-15(21)10(2)26-18(20)19-9)11-5-7-12(8-6-11)16(22)24-3/h5-8,10,14H,1-4H3/t10-,14+/m1/s1. The van der Waals surface area contributed by atoms with Crippen molar-refractivity contribution >= 4 is 34.8 Å². The fourth-order valence-electron chi connectivity index (χ4n) is 3.01. The fourth-order valence-corrected chi connectivity index (χ4v) is 4.04. The molecule has 1 fully saturated rings. The molecule has 136 valence electrons. The van der Waals surface area contributed by atoms with Gasteiger partial charge < -0.3 is 9.47 Å². The van der Waals surface area contributed by atoms with Gasteiger partial charge in [0, 0.05) is 0 Å². The largest absolute Gasteiger partial charge is 0.466 e. The van der Waals surface area contributed by atoms with E-state index in [0.717, 1.165) is 0 Å². The number of fused-ring (bicyclic) bond motifs is 1. The first-order chi connectivity index (χ1) is 12.4. The number of benzene rings is 1. The quantitative estimate of drug-likeness (QED) is 0.755. The fraction of sp³-hybridized carbons (Fsp3) is 0.333. The van der Waals surface area contributed by atoms with Crippen molar-refractivity contribution in [2.75, 3.05) is 14.2 Å². The molecule has 2 aliphatic heterocycles. The number of amides is 1. The smallest absolute Gasteiger partial charge is 0.338 e. The normalized spacial score (nSPS) is 22.1. The van der Waals surface area contributed by atoms with Crippen LogP contribution in [0, 0.1) is 0 Å². The molecule has 2 atom stereocenters. The first kappa shape index (κ1) is 18.2. The van der Waals surface area contributed by atoms with Crippen molar-refractivity contribution in [1.29, 1.82) is 0 Å². The average Bonchev–Trinajstić information content (AvgIpc) is 2.93. The first-order valence-electron chi connectivity index (χ1n) is 7.94. The predicted octanol–water partition coefficient (Wildman–Crippen LogP) is 2.29. The minimum atomic E-state index is -0.647. The lowest BCUT2D eigenvalue weighted by Gasteiger charge is -2.32. The van der Waals surface area contributed by atoms with Gasteiger partial charge in [0.15, 0.2) is 5.17 Å². The Bertz CT molecular complexity index is 844. The van der Waals surface area contributed by atoms with Gasteiger partial charge in [-0.25, -0.2) is 14.6 Å². The van der Waals surface area contributed by atoms with Crippen LogP contribution >= 0.6 is 11.8 Å². The van der Waals surface area contributed by atoms with Gasteiger partial charge in [-0.05, 0) is 31.5 Å². The molecule has 0 unspecified atom stereocenters. The van der Waals surface area contributed by atoms with E-state index in [9.17, 15) is 14.4 Å². The monoisotopic (exact) mass is 374 g/mol. The molecule has 0 radical (unpaired) electrons. The lowest BCUT2D eigenvalue weighted by molar-refractivity contribution is -0.137. The molecule has 8 heteroatoms. The van der Waals surface area contributed by atoms with Crippen molar-refractivity contribution in [3.8, 4) is 0 Å². The van der Waals surface area contributed by atoms with Gasteiger partial charge in [0.25, 0.3) is 0 Å². The van der Waals surface area contributed by atoms with Crippen molar-refractivity contribution in [2.24, 2.45) is 4.99 Å². The van der Waals surface area contributed by atoms with E-state index in [2.05, 4.69) is 4.99 Å². The Kier molecular flexibility index (Phi) is 4.86. The second-order valence-electron chi connectivity index (χ2n) is 5.87. The Morgan fingerprint density at radius 3 is 2.31 bits per heavy atom. The number of carbonyl (C=O) groups is 3. The summed E-state index contributed by atoms with van der Waals surface area (Å²) in [7, 11) is 2.60. The zero-order valence-corrected chi connectivity index (χ0v) is 15.6. The van der Waals surface area contributed by atoms with E-state index < -0.39 is 18.0 Å². The van der Waals surface area contributed by atoms with E-state index in [-0.39, 0.29) is 11.2 Å². The van der Waals surface area contributed by atoms with Crippen LogP contribution < -0.4 is 0 Å². The van der Waals surface area contributed by atoms with Gasteiger partial charge in [-0.15, -0.1) is 0 Å². The Balaban J connectivity index is 2.11. The summed E-state index contributed by atoms with van der Waals surface area (Å²) < 4.78 is 9.62. The Hall–Kier alpha value is -2.61. The Morgan fingerprint density at radius 2 is 1.73 bits per heavy atom. The van der Waals surface area contributed by atoms with Crippen LogP contribution in [0.4, 0.5) is 0 Å². The zero-order chi connectivity index (χ0) is 19.0. The summed E-state index contributed by atoms with van der Waals surface area (Å²) in [5.74, 6) is -1.11. The van der Waals surface area contributed by atoms with E-state index >= 15 is 0 Å². The third-order valence-corrected chi connectivity index (χ3v) is 5.37. The van der Waals surface area contributed by atoms with Crippen molar-refractivity contribution < 1.29 is 23.9 Å². The Morgan fingerprint density at radius 1 is 1.12 bits per heavy atom. The SMILES string of the molecule is COC(=O)C1=C(C)N=C2S[C@H](C)C(=O)N2[C@H]1c1ccc(C(=O)OC)cc1. The lowest BCUT2D eigenvalue weighted by Crippen LogP contribution is -2.40. The van der Waals surface area contributed by atoms with E-state index in [4.69, 9.17) is 9.47 Å². The molecule has 1 aromatic rings. The molecule has 1 aromatic carbocycles. The van der Waals surface area contributed by atoms with Gasteiger partial charge in [0.2, 0.25) is 5.91 Å². The number of esters is 2. The molecule has 2 heterocycles. The molecular weight excluding hydrogens is 356 g/mol. The highest BCUT2D eigenvalue weighted by Gasteiger charge is 2.46. The number of carbonyl (C=O) groups excluding carboxylic acids is 3. The highest BCUT2D eigenvalue weighted by Crippen LogP contribution is 2.43. The second kappa shape index (κ2) is 6.95. The number of thioether (sulfide) groups is 1. The maximum absolute atomic E-state index is 12.7. The number of rotatable bonds is 3. The second-order valence-corrected chi connectivity index (χ2v) is 7.18. The number of allylic oxidation sites excluding steroid dienone is 1. The van der Waals surface area contributed by atoms with Crippen molar-refractivity contribution in [2.45, 2.75) is 25.1 Å². The van der Waals surface area contributed by atoms with Gasteiger partial charge in [-0.2, -0.15) is 0 Å². The third kappa shape index (κ3) is 2.90. The van der Waals surface area contributed by atoms with E-state index in [1.807, 2.05) is 0 Å². The molecule has 0 aliphatic carbocycles. The number of hydrogen-bond acceptors (Lipinski definition) is 7. The number of ether oxygens (including phenoxy) is 2. The summed E-state index contributed by atoms with van der Waals surface area (Å²) >= 11 is 1.36. The van der Waals surface area contributed by atoms with Crippen LogP contribution in [0.15, 0.2) is 40.5 Å². The van der Waals surface area contributed by atoms with Crippen LogP contribution in [0.25, 0.3) is 0 Å². The molecule has 26 heavy (non-hydrogen) atoms. The summed E-state index contributed by atoms with van der Waals surface area (Å²) in [5.41, 5.74) is 1.90. The van der Waals surface area contributed by atoms with Crippen LogP contribution in [-0.4, -0.2) is 47.4 Å². The van der Waals surface area contributed by atoms with Gasteiger partial charge in [0.1, 0.15) is 0 Å². The third-order valence-electron chi connectivity index (χ3n) is 4.31. The molecular formula is C18H18N2O5S. The maximum atomic E-state index is 12.7. The highest BCUT2D eigenvalue weighted by atomic mass is 32.2. The minimum Gasteiger partial charge on any atom is -0.466 e. The lowest BCUT2D eigenvalue weighted by atomic mass is 9.93. The molecule has 1 saturated heterocycles. The molecule has 0 saturated carbocycles. The predicted molar refractivity (Wildman–Crippen MR) is 96.6 cm³/mol. The van der Waals surface area contributed by atoms with Gasteiger partial charge in [-0.3, -0.25) is 9.69 Å². The number of amidine groups is 1. The zero-order valence-electron chi connectivity index (χ0n) is 14.8. The maximum Gasteiger partial charge on any atom is 0.338 e. The van der Waals surface area contributed by atoms with Crippen molar-refractivity contribution in [3.05, 3.63) is 46.7 Å². The number of nitrogens with zero attached hydrogens (tertiary/aromatic N) is 2. The first-order valence-corrected chi connectivity index (χ1v) is 8.82. The van der Waals surface area contributed by atoms with Crippen LogP contribution in [0.3, 0.4) is 0 Å². The summed E-state index contributed by atoms with van der Waals surface area (Å²) in [5, 5.41) is 0.282. The van der Waals surface area contributed by atoms with Crippen molar-refractivity contribution in [3.63, 3.8) is 0 Å². The summed E-state index contributed by atoms with van der Waals surface area (Å²) in [4.78, 5) is 42.7. The molecule has 0 aromatic heterocycles. The molecule has 1 amide bonds. The highest BCUT2D eigenvalue weighted by molar-refractivity contribution is 8.15. The van der Waals surface area contributed by atoms with Crippen LogP contribution in [0.1, 0.15) is 35.8 Å². The van der Waals surface area contributed by atoms with Gasteiger partial charge >= 0.3 is 11.9 Å². The molecule has 0 spiro atoms. The molecule has 2 aliphatic rings. The summed E-state index contributed by atoms with van der Waals surface area (Å²) in [6, 6.07) is 5.97. The number of hydrogen-bond donors (Lipinski definition) is 0. The van der Waals surface area contributed by atoms with E-state index in [1.165, 1.54) is 30.9 Å². The number of methoxy groups -OCH3 is 2. The minimum absolute atomic E-state index is 0.121. The molecule has 0 N–H and O–H groups in total. The van der Waals surface area contributed by atoms with E-state index in [0.29, 0.717) is 27.6 Å². The topological polar surface area (TPSA) is 85.3 Å². The molecule has 7 nitrogen and oxygen atoms in total. The molecule has 3 rings (SSSR count).